The van der Waals surface area contributed by atoms with Crippen molar-refractivity contribution in [1.29, 1.82) is 0 Å². The highest BCUT2D eigenvalue weighted by Crippen LogP contribution is 2.21. The molecule has 20 heavy (non-hydrogen) atoms. The van der Waals surface area contributed by atoms with Crippen molar-refractivity contribution < 1.29 is 14.2 Å². The minimum absolute atomic E-state index is 0.0771. The summed E-state index contributed by atoms with van der Waals surface area (Å²) in [5.74, 6) is 1.74. The lowest BCUT2D eigenvalue weighted by atomic mass is 10.1. The molecule has 1 aromatic carbocycles. The number of nitrogens with one attached hydrogen (secondary N) is 1. The number of hydrogen-bond acceptors (Lipinski definition) is 4. The molecule has 0 bridgehead atoms. The van der Waals surface area contributed by atoms with Gasteiger partial charge < -0.3 is 19.5 Å². The minimum atomic E-state index is 0.0771. The minimum Gasteiger partial charge on any atom is -0.494 e. The van der Waals surface area contributed by atoms with Crippen LogP contribution in [0.2, 0.25) is 0 Å². The van der Waals surface area contributed by atoms with Crippen molar-refractivity contribution in [2.75, 3.05) is 26.4 Å². The van der Waals surface area contributed by atoms with Crippen molar-refractivity contribution in [1.82, 2.24) is 5.32 Å². The maximum atomic E-state index is 6.06. The highest BCUT2D eigenvalue weighted by atomic mass is 16.5. The Kier molecular flexibility index (Phi) is 6.15. The fourth-order valence-electron chi connectivity index (χ4n) is 2.35. The molecule has 4 heteroatoms. The summed E-state index contributed by atoms with van der Waals surface area (Å²) in [6.45, 7) is 7.31. The first kappa shape index (κ1) is 15.1. The van der Waals surface area contributed by atoms with Crippen LogP contribution in [0.25, 0.3) is 0 Å². The van der Waals surface area contributed by atoms with Crippen LogP contribution < -0.4 is 14.8 Å². The largest absolute Gasteiger partial charge is 0.494 e. The van der Waals surface area contributed by atoms with E-state index < -0.39 is 0 Å². The zero-order valence-electron chi connectivity index (χ0n) is 12.4. The van der Waals surface area contributed by atoms with E-state index in [0.717, 1.165) is 37.5 Å². The Bertz CT molecular complexity index is 380. The van der Waals surface area contributed by atoms with E-state index in [1.54, 1.807) is 0 Å². The van der Waals surface area contributed by atoms with E-state index in [0.29, 0.717) is 19.3 Å². The summed E-state index contributed by atoms with van der Waals surface area (Å²) in [6.07, 6.45) is 2.21. The molecule has 2 rings (SSSR count). The van der Waals surface area contributed by atoms with Crippen molar-refractivity contribution in [3.8, 4) is 11.5 Å². The molecular formula is C16H25NO3. The maximum absolute atomic E-state index is 6.06. The molecule has 0 aliphatic carbocycles. The van der Waals surface area contributed by atoms with Gasteiger partial charge in [0.1, 0.15) is 17.6 Å². The first-order valence-electron chi connectivity index (χ1n) is 7.54. The van der Waals surface area contributed by atoms with Crippen LogP contribution in [-0.4, -0.2) is 38.5 Å². The van der Waals surface area contributed by atoms with Crippen LogP contribution in [-0.2, 0) is 4.74 Å². The lowest BCUT2D eigenvalue weighted by Gasteiger charge is -2.32. The molecule has 0 saturated carbocycles. The summed E-state index contributed by atoms with van der Waals surface area (Å²) >= 11 is 0. The molecule has 0 spiro atoms. The number of ether oxygens (including phenoxy) is 3. The van der Waals surface area contributed by atoms with Gasteiger partial charge in [-0.2, -0.15) is 0 Å². The SMILES string of the molecule is CCCNC1CCOCC1Oc1ccc(OCC)cc1. The second-order valence-corrected chi connectivity index (χ2v) is 4.98. The molecule has 1 heterocycles. The lowest BCUT2D eigenvalue weighted by Crippen LogP contribution is -2.49. The molecule has 112 valence electrons. The van der Waals surface area contributed by atoms with Crippen LogP contribution in [0.4, 0.5) is 0 Å². The van der Waals surface area contributed by atoms with Gasteiger partial charge in [0.05, 0.1) is 13.2 Å². The molecule has 2 atom stereocenters. The highest BCUT2D eigenvalue weighted by molar-refractivity contribution is 5.31. The van der Waals surface area contributed by atoms with Crippen molar-refractivity contribution >= 4 is 0 Å². The van der Waals surface area contributed by atoms with Gasteiger partial charge in [-0.3, -0.25) is 0 Å². The Hall–Kier alpha value is -1.26. The van der Waals surface area contributed by atoms with Crippen molar-refractivity contribution in [2.24, 2.45) is 0 Å². The van der Waals surface area contributed by atoms with E-state index in [4.69, 9.17) is 14.2 Å². The molecule has 4 nitrogen and oxygen atoms in total. The normalized spacial score (nSPS) is 22.5. The first-order chi connectivity index (χ1) is 9.83. The summed E-state index contributed by atoms with van der Waals surface area (Å²) in [5, 5.41) is 3.54. The fourth-order valence-corrected chi connectivity index (χ4v) is 2.35. The number of benzene rings is 1. The monoisotopic (exact) mass is 279 g/mol. The fraction of sp³-hybridized carbons (Fsp3) is 0.625. The Morgan fingerprint density at radius 2 is 1.95 bits per heavy atom. The van der Waals surface area contributed by atoms with Gasteiger partial charge in [-0.1, -0.05) is 6.92 Å². The number of hydrogen-bond donors (Lipinski definition) is 1. The van der Waals surface area contributed by atoms with Gasteiger partial charge in [-0.05, 0) is 50.6 Å². The average Bonchev–Trinajstić information content (AvgIpc) is 2.49. The van der Waals surface area contributed by atoms with Crippen LogP contribution in [0, 0.1) is 0 Å². The average molecular weight is 279 g/mol. The third-order valence-corrected chi connectivity index (χ3v) is 3.38. The molecule has 1 N–H and O–H groups in total. The van der Waals surface area contributed by atoms with Crippen LogP contribution in [0.15, 0.2) is 24.3 Å². The quantitative estimate of drug-likeness (QED) is 0.833. The van der Waals surface area contributed by atoms with Crippen LogP contribution in [0.1, 0.15) is 26.7 Å². The van der Waals surface area contributed by atoms with Crippen LogP contribution in [0.3, 0.4) is 0 Å². The standard InChI is InChI=1S/C16H25NO3/c1-3-10-17-15-9-11-18-12-16(15)20-14-7-5-13(6-8-14)19-4-2/h5-8,15-17H,3-4,9-12H2,1-2H3. The second kappa shape index (κ2) is 8.12. The summed E-state index contributed by atoms with van der Waals surface area (Å²) < 4.78 is 17.0. The molecule has 1 saturated heterocycles. The van der Waals surface area contributed by atoms with E-state index in [9.17, 15) is 0 Å². The van der Waals surface area contributed by atoms with Crippen molar-refractivity contribution in [3.63, 3.8) is 0 Å². The zero-order chi connectivity index (χ0) is 14.2. The molecule has 1 aliphatic heterocycles. The first-order valence-corrected chi connectivity index (χ1v) is 7.54. The van der Waals surface area contributed by atoms with Gasteiger partial charge in [-0.25, -0.2) is 0 Å². The predicted octanol–water partition coefficient (Wildman–Crippen LogP) is 2.62. The summed E-state index contributed by atoms with van der Waals surface area (Å²) in [5.41, 5.74) is 0. The molecule has 0 amide bonds. The van der Waals surface area contributed by atoms with Gasteiger partial charge >= 0.3 is 0 Å². The van der Waals surface area contributed by atoms with Crippen molar-refractivity contribution in [2.45, 2.75) is 38.8 Å². The van der Waals surface area contributed by atoms with E-state index in [-0.39, 0.29) is 6.10 Å². The van der Waals surface area contributed by atoms with Crippen molar-refractivity contribution in [3.05, 3.63) is 24.3 Å². The third-order valence-electron chi connectivity index (χ3n) is 3.38. The Morgan fingerprint density at radius 1 is 1.20 bits per heavy atom. The zero-order valence-corrected chi connectivity index (χ0v) is 12.4. The molecule has 1 fully saturated rings. The van der Waals surface area contributed by atoms with E-state index in [2.05, 4.69) is 12.2 Å². The smallest absolute Gasteiger partial charge is 0.137 e. The van der Waals surface area contributed by atoms with Gasteiger partial charge in [0.2, 0.25) is 0 Å². The Morgan fingerprint density at radius 3 is 2.65 bits per heavy atom. The summed E-state index contributed by atoms with van der Waals surface area (Å²) in [7, 11) is 0. The summed E-state index contributed by atoms with van der Waals surface area (Å²) in [4.78, 5) is 0. The van der Waals surface area contributed by atoms with Crippen LogP contribution in [0.5, 0.6) is 11.5 Å². The molecule has 0 radical (unpaired) electrons. The molecule has 0 aromatic heterocycles. The van der Waals surface area contributed by atoms with E-state index in [1.807, 2.05) is 31.2 Å². The van der Waals surface area contributed by atoms with E-state index in [1.165, 1.54) is 0 Å². The Balaban J connectivity index is 1.91. The maximum Gasteiger partial charge on any atom is 0.137 e. The molecular weight excluding hydrogens is 254 g/mol. The molecule has 1 aromatic rings. The predicted molar refractivity (Wildman–Crippen MR) is 79.5 cm³/mol. The van der Waals surface area contributed by atoms with Gasteiger partial charge in [0.25, 0.3) is 0 Å². The van der Waals surface area contributed by atoms with Crippen LogP contribution >= 0.6 is 0 Å². The van der Waals surface area contributed by atoms with Gasteiger partial charge in [-0.15, -0.1) is 0 Å². The number of rotatable bonds is 7. The molecule has 2 unspecified atom stereocenters. The topological polar surface area (TPSA) is 39.7 Å². The lowest BCUT2D eigenvalue weighted by molar-refractivity contribution is -0.0146. The molecule has 1 aliphatic rings. The second-order valence-electron chi connectivity index (χ2n) is 4.98. The van der Waals surface area contributed by atoms with E-state index >= 15 is 0 Å². The third kappa shape index (κ3) is 4.39. The highest BCUT2D eigenvalue weighted by Gasteiger charge is 2.26. The summed E-state index contributed by atoms with van der Waals surface area (Å²) in [6, 6.07) is 8.16. The van der Waals surface area contributed by atoms with Gasteiger partial charge in [0, 0.05) is 12.6 Å². The Labute approximate surface area is 121 Å². The van der Waals surface area contributed by atoms with Gasteiger partial charge in [0.15, 0.2) is 0 Å².